The molecule has 2 rings (SSSR count). The van der Waals surface area contributed by atoms with Crippen LogP contribution in [0.3, 0.4) is 0 Å². The maximum atomic E-state index is 14.1. The highest BCUT2D eigenvalue weighted by molar-refractivity contribution is 5.32. The van der Waals surface area contributed by atoms with E-state index in [0.717, 1.165) is 24.0 Å². The molecule has 0 aliphatic heterocycles. The number of unbranched alkanes of at least 4 members (excludes halogenated alkanes) is 1. The van der Waals surface area contributed by atoms with E-state index in [1.54, 1.807) is 13.0 Å². The van der Waals surface area contributed by atoms with Gasteiger partial charge in [0, 0.05) is 0 Å². The molecule has 0 fully saturated rings. The molecule has 0 saturated heterocycles. The molecule has 0 aliphatic rings. The summed E-state index contributed by atoms with van der Waals surface area (Å²) in [5.41, 5.74) is 2.45. The molecule has 0 saturated carbocycles. The molecule has 0 unspecified atom stereocenters. The van der Waals surface area contributed by atoms with E-state index >= 15 is 0 Å². The summed E-state index contributed by atoms with van der Waals surface area (Å²) >= 11 is 0. The van der Waals surface area contributed by atoms with Gasteiger partial charge in [0.2, 0.25) is 5.82 Å². The first kappa shape index (κ1) is 21.0. The van der Waals surface area contributed by atoms with Gasteiger partial charge in [-0.05, 0) is 61.8 Å². The van der Waals surface area contributed by atoms with Crippen molar-refractivity contribution in [1.29, 1.82) is 0 Å². The summed E-state index contributed by atoms with van der Waals surface area (Å²) in [6, 6.07) is 10.9. The lowest BCUT2D eigenvalue weighted by Crippen LogP contribution is -2.02. The zero-order chi connectivity index (χ0) is 19.6. The molecule has 0 radical (unpaired) electrons. The second kappa shape index (κ2) is 10.8. The highest BCUT2D eigenvalue weighted by atomic mass is 19.2. The van der Waals surface area contributed by atoms with Gasteiger partial charge in [0.05, 0.1) is 6.61 Å². The molecule has 0 amide bonds. The predicted molar refractivity (Wildman–Crippen MR) is 99.5 cm³/mol. The Morgan fingerprint density at radius 3 is 2.22 bits per heavy atom. The Kier molecular flexibility index (Phi) is 8.37. The first-order valence-electron chi connectivity index (χ1n) is 9.13. The van der Waals surface area contributed by atoms with Crippen molar-refractivity contribution in [2.75, 3.05) is 13.3 Å². The number of hydrogen-bond acceptors (Lipinski definition) is 1. The molecular weight excluding hydrogens is 356 g/mol. The first-order chi connectivity index (χ1) is 13.0. The molecule has 0 aliphatic carbocycles. The molecule has 2 aromatic carbocycles. The summed E-state index contributed by atoms with van der Waals surface area (Å²) in [7, 11) is 0. The van der Waals surface area contributed by atoms with Gasteiger partial charge in [-0.2, -0.15) is 4.39 Å². The fourth-order valence-corrected chi connectivity index (χ4v) is 2.80. The van der Waals surface area contributed by atoms with E-state index in [-0.39, 0.29) is 12.4 Å². The van der Waals surface area contributed by atoms with Crippen LogP contribution in [-0.4, -0.2) is 13.3 Å². The molecule has 0 aromatic heterocycles. The van der Waals surface area contributed by atoms with Crippen molar-refractivity contribution in [3.8, 4) is 5.75 Å². The van der Waals surface area contributed by atoms with Crippen molar-refractivity contribution in [2.45, 2.75) is 39.0 Å². The van der Waals surface area contributed by atoms with Gasteiger partial charge >= 0.3 is 0 Å². The average molecular weight is 380 g/mol. The van der Waals surface area contributed by atoms with Crippen LogP contribution in [0.15, 0.2) is 48.3 Å². The predicted octanol–water partition coefficient (Wildman–Crippen LogP) is 6.29. The van der Waals surface area contributed by atoms with Gasteiger partial charge in [0.1, 0.15) is 12.5 Å². The number of ether oxygens (including phenoxy) is 1. The van der Waals surface area contributed by atoms with Crippen LogP contribution in [0.25, 0.3) is 0 Å². The standard InChI is InChI=1S/C22H24F4O/c1-2-27-20-14-13-18(21(25)22(20)26)12-11-17-9-7-16(8-10-17)5-3-4-6-19(24)15-23/h6-10,13-14H,2-5,11-12,15H2,1H3. The third-order valence-corrected chi connectivity index (χ3v) is 4.30. The molecule has 146 valence electrons. The highest BCUT2D eigenvalue weighted by Crippen LogP contribution is 2.24. The van der Waals surface area contributed by atoms with Crippen molar-refractivity contribution in [1.82, 2.24) is 0 Å². The molecule has 2 aromatic rings. The van der Waals surface area contributed by atoms with Crippen LogP contribution >= 0.6 is 0 Å². The van der Waals surface area contributed by atoms with Gasteiger partial charge in [-0.3, -0.25) is 0 Å². The largest absolute Gasteiger partial charge is 0.491 e. The summed E-state index contributed by atoms with van der Waals surface area (Å²) in [6.07, 6.45) is 4.27. The third kappa shape index (κ3) is 6.42. The number of rotatable bonds is 10. The lowest BCUT2D eigenvalue weighted by Gasteiger charge is -2.09. The Balaban J connectivity index is 1.87. The zero-order valence-electron chi connectivity index (χ0n) is 15.4. The molecule has 0 spiro atoms. The zero-order valence-corrected chi connectivity index (χ0v) is 15.4. The Morgan fingerprint density at radius 2 is 1.59 bits per heavy atom. The second-order valence-corrected chi connectivity index (χ2v) is 6.28. The van der Waals surface area contributed by atoms with Crippen molar-refractivity contribution in [3.63, 3.8) is 0 Å². The Morgan fingerprint density at radius 1 is 0.926 bits per heavy atom. The van der Waals surface area contributed by atoms with Crippen molar-refractivity contribution in [2.24, 2.45) is 0 Å². The quantitative estimate of drug-likeness (QED) is 0.347. The molecular formula is C22H24F4O. The van der Waals surface area contributed by atoms with Gasteiger partial charge in [0.25, 0.3) is 0 Å². The van der Waals surface area contributed by atoms with Gasteiger partial charge in [-0.15, -0.1) is 0 Å². The van der Waals surface area contributed by atoms with Crippen LogP contribution in [0.4, 0.5) is 17.6 Å². The number of alkyl halides is 1. The molecule has 5 heteroatoms. The lowest BCUT2D eigenvalue weighted by atomic mass is 10.0. The highest BCUT2D eigenvalue weighted by Gasteiger charge is 2.14. The molecule has 1 nitrogen and oxygen atoms in total. The minimum absolute atomic E-state index is 0.0654. The van der Waals surface area contributed by atoms with Crippen LogP contribution < -0.4 is 4.74 Å². The number of hydrogen-bond donors (Lipinski definition) is 0. The van der Waals surface area contributed by atoms with Crippen LogP contribution in [0, 0.1) is 11.6 Å². The van der Waals surface area contributed by atoms with E-state index in [9.17, 15) is 17.6 Å². The number of aryl methyl sites for hydroxylation is 3. The Bertz CT molecular complexity index is 754. The third-order valence-electron chi connectivity index (χ3n) is 4.30. The van der Waals surface area contributed by atoms with E-state index in [1.165, 1.54) is 12.1 Å². The number of halogens is 4. The molecule has 0 N–H and O–H groups in total. The average Bonchev–Trinajstić information content (AvgIpc) is 2.69. The fraction of sp³-hybridized carbons (Fsp3) is 0.364. The smallest absolute Gasteiger partial charge is 0.200 e. The summed E-state index contributed by atoms with van der Waals surface area (Å²) in [6.45, 7) is 0.949. The Labute approximate surface area is 157 Å². The number of benzene rings is 2. The van der Waals surface area contributed by atoms with Crippen molar-refractivity contribution >= 4 is 0 Å². The minimum atomic E-state index is -1.05. The van der Waals surface area contributed by atoms with Gasteiger partial charge in [-0.1, -0.05) is 36.4 Å². The van der Waals surface area contributed by atoms with Crippen LogP contribution in [0.2, 0.25) is 0 Å². The normalized spacial score (nSPS) is 11.7. The maximum absolute atomic E-state index is 14.1. The van der Waals surface area contributed by atoms with Crippen LogP contribution in [0.5, 0.6) is 5.75 Å². The topological polar surface area (TPSA) is 9.23 Å². The van der Waals surface area contributed by atoms with Gasteiger partial charge in [0.15, 0.2) is 11.6 Å². The Hall–Kier alpha value is -2.30. The van der Waals surface area contributed by atoms with E-state index in [4.69, 9.17) is 4.74 Å². The van der Waals surface area contributed by atoms with E-state index in [1.807, 2.05) is 24.3 Å². The van der Waals surface area contributed by atoms with Crippen molar-refractivity contribution in [3.05, 3.63) is 76.6 Å². The number of allylic oxidation sites excluding steroid dienone is 2. The summed E-state index contributed by atoms with van der Waals surface area (Å²) < 4.78 is 57.7. The van der Waals surface area contributed by atoms with E-state index < -0.39 is 24.1 Å². The summed E-state index contributed by atoms with van der Waals surface area (Å²) in [5.74, 6) is -2.58. The minimum Gasteiger partial charge on any atom is -0.491 e. The van der Waals surface area contributed by atoms with Crippen LogP contribution in [-0.2, 0) is 19.3 Å². The first-order valence-corrected chi connectivity index (χ1v) is 9.13. The van der Waals surface area contributed by atoms with Crippen LogP contribution in [0.1, 0.15) is 36.5 Å². The summed E-state index contributed by atoms with van der Waals surface area (Å²) in [4.78, 5) is 0. The summed E-state index contributed by atoms with van der Waals surface area (Å²) in [5, 5.41) is 0. The molecule has 27 heavy (non-hydrogen) atoms. The fourth-order valence-electron chi connectivity index (χ4n) is 2.80. The van der Waals surface area contributed by atoms with E-state index in [0.29, 0.717) is 24.8 Å². The molecule has 0 atom stereocenters. The molecule has 0 bridgehead atoms. The van der Waals surface area contributed by atoms with Gasteiger partial charge < -0.3 is 4.74 Å². The lowest BCUT2D eigenvalue weighted by molar-refractivity contribution is 0.313. The monoisotopic (exact) mass is 380 g/mol. The van der Waals surface area contributed by atoms with Crippen molar-refractivity contribution < 1.29 is 22.3 Å². The van der Waals surface area contributed by atoms with Gasteiger partial charge in [-0.25, -0.2) is 13.2 Å². The van der Waals surface area contributed by atoms with E-state index in [2.05, 4.69) is 0 Å². The molecule has 0 heterocycles. The SMILES string of the molecule is CCOc1ccc(CCc2ccc(CCCC=C(F)CF)cc2)c(F)c1F. The maximum Gasteiger partial charge on any atom is 0.200 e. The second-order valence-electron chi connectivity index (χ2n) is 6.28.